The zero-order chi connectivity index (χ0) is 94.8. The number of hydrogen-bond acceptors (Lipinski definition) is 8. The molecule has 0 aliphatic rings. The van der Waals surface area contributed by atoms with Crippen molar-refractivity contribution in [1.29, 1.82) is 0 Å². The van der Waals surface area contributed by atoms with Crippen molar-refractivity contribution in [3.05, 3.63) is 670 Å². The van der Waals surface area contributed by atoms with Crippen LogP contribution in [0.5, 0.6) is 0 Å². The van der Waals surface area contributed by atoms with Crippen molar-refractivity contribution >= 4 is 114 Å². The zero-order valence-electron chi connectivity index (χ0n) is 77.5. The normalized spacial score (nSPS) is 10.9. The summed E-state index contributed by atoms with van der Waals surface area (Å²) in [4.78, 5) is 39.4. The summed E-state index contributed by atoms with van der Waals surface area (Å²) < 4.78 is 0. The molecule has 12 nitrogen and oxygen atoms in total. The summed E-state index contributed by atoms with van der Waals surface area (Å²) in [5.41, 5.74) is 26.4. The minimum absolute atomic E-state index is 0. The number of benzene rings is 20. The van der Waals surface area contributed by atoms with Crippen molar-refractivity contribution in [2.75, 3.05) is 0 Å². The van der Waals surface area contributed by atoms with Gasteiger partial charge in [-0.05, 0) is 116 Å². The molecule has 0 fully saturated rings. The Kier molecular flexibility index (Phi) is 36.9. The van der Waals surface area contributed by atoms with Gasteiger partial charge in [-0.3, -0.25) is 0 Å². The number of rotatable bonds is 24. The van der Waals surface area contributed by atoms with E-state index in [1.165, 1.54) is 0 Å². The Morgan fingerprint density at radius 2 is 0.218 bits per heavy atom. The van der Waals surface area contributed by atoms with E-state index < -0.39 is 0 Å². The van der Waals surface area contributed by atoms with E-state index in [4.69, 9.17) is 61.2 Å². The molecule has 0 saturated carbocycles. The molecular formula is C128H96N12Rh2. The van der Waals surface area contributed by atoms with Crippen LogP contribution in [-0.4, -0.2) is 46.2 Å². The van der Waals surface area contributed by atoms with E-state index in [0.29, 0.717) is 23.3 Å². The molecule has 20 aromatic carbocycles. The van der Waals surface area contributed by atoms with Crippen LogP contribution >= 0.6 is 0 Å². The Hall–Kier alpha value is -17.8. The quantitative estimate of drug-likeness (QED) is 0.0321. The third-order valence-corrected chi connectivity index (χ3v) is 21.8. The van der Waals surface area contributed by atoms with Gasteiger partial charge in [0.15, 0.2) is 0 Å². The van der Waals surface area contributed by atoms with E-state index in [9.17, 15) is 0 Å². The van der Waals surface area contributed by atoms with Crippen LogP contribution in [-0.2, 0) is 39.0 Å². The first-order chi connectivity index (χ1) is 69.4. The maximum absolute atomic E-state index is 5.01. The maximum Gasteiger partial charge on any atom is 2.00 e. The Balaban J connectivity index is 0.000000142. The molecule has 142 heavy (non-hydrogen) atoms. The number of para-hydroxylation sites is 8. The number of amidine groups is 4. The van der Waals surface area contributed by atoms with Gasteiger partial charge < -0.3 is 41.2 Å². The molecule has 0 saturated heterocycles. The van der Waals surface area contributed by atoms with Crippen LogP contribution in [0.3, 0.4) is 0 Å². The molecule has 0 spiro atoms. The smallest absolute Gasteiger partial charge is 0.436 e. The molecule has 0 unspecified atom stereocenters. The number of aliphatic imine (C=N–C) groups is 8. The third kappa shape index (κ3) is 29.6. The van der Waals surface area contributed by atoms with Crippen LogP contribution < -0.4 is 0 Å². The first kappa shape index (κ1) is 98.7. The molecule has 14 heteroatoms. The predicted molar refractivity (Wildman–Crippen MR) is 587 cm³/mol. The second-order valence-corrected chi connectivity index (χ2v) is 31.8. The molecule has 0 heterocycles. The van der Waals surface area contributed by atoms with Gasteiger partial charge in [-0.1, -0.05) is 557 Å². The van der Waals surface area contributed by atoms with Gasteiger partial charge in [0.1, 0.15) is 0 Å². The van der Waals surface area contributed by atoms with E-state index in [1.54, 1.807) is 0 Å². The van der Waals surface area contributed by atoms with Crippen LogP contribution in [0, 0.1) is 0 Å². The monoisotopic (exact) mass is 2010 g/mol. The second-order valence-electron chi connectivity index (χ2n) is 31.8. The fourth-order valence-electron chi connectivity index (χ4n) is 14.8. The van der Waals surface area contributed by atoms with Gasteiger partial charge in [-0.2, -0.15) is 0 Å². The molecule has 0 aliphatic carbocycles. The molecule has 0 amide bonds. The molecular weight excluding hydrogens is 1910 g/mol. The number of hydrogen-bond donors (Lipinski definition) is 0. The van der Waals surface area contributed by atoms with Gasteiger partial charge in [0.05, 0.1) is 45.6 Å². The van der Waals surface area contributed by atoms with Crippen LogP contribution in [0.15, 0.2) is 622 Å². The van der Waals surface area contributed by atoms with E-state index in [0.717, 1.165) is 158 Å². The Labute approximate surface area is 857 Å². The standard InChI is InChI=1S/4C32H24N3.2Rh/c4*1-5-13-25(14-6-1)31(26-15-7-2-8-16-26)33-30-23-21-27(22-24-30)32(34-28-17-9-3-10-18-28)35-29-19-11-4-12-20-29;;/h4*1-24H;;/q4*-1;2*+2. The van der Waals surface area contributed by atoms with Crippen molar-refractivity contribution < 1.29 is 39.0 Å². The summed E-state index contributed by atoms with van der Waals surface area (Å²) in [7, 11) is 0. The molecule has 0 N–H and O–H groups in total. The largest absolute Gasteiger partial charge is 2.00 e. The summed E-state index contributed by atoms with van der Waals surface area (Å²) in [6, 6.07) is 194. The van der Waals surface area contributed by atoms with E-state index in [2.05, 4.69) is 97.1 Å². The van der Waals surface area contributed by atoms with Crippen molar-refractivity contribution in [2.45, 2.75) is 0 Å². The third-order valence-electron chi connectivity index (χ3n) is 21.8. The molecule has 686 valence electrons. The molecule has 2 radical (unpaired) electrons. The maximum atomic E-state index is 5.01. The minimum atomic E-state index is 0. The summed E-state index contributed by atoms with van der Waals surface area (Å²) in [6.45, 7) is 0. The predicted octanol–water partition coefficient (Wildman–Crippen LogP) is 34.6. The van der Waals surface area contributed by atoms with Crippen LogP contribution in [0.25, 0.3) is 21.3 Å². The van der Waals surface area contributed by atoms with E-state index >= 15 is 0 Å². The molecule has 0 aliphatic heterocycles. The molecule has 0 atom stereocenters. The fraction of sp³-hybridized carbons (Fsp3) is 0. The SMILES string of the molecule is [Rh+2].[Rh+2].c1ccc(N=C([N-]c2ccccc2)c2ccc(N=C(c3ccccc3)c3ccccc3)cc2)cc1.c1ccc(N=C([N-]c2ccccc2)c2ccc(N=C(c3ccccc3)c3ccccc3)cc2)cc1.c1ccc(N=C([N-]c2ccccc2)c2ccc(N=C(c3ccccc3)c3ccccc3)cc2)cc1.c1ccc(N=C([N-]c2ccccc2)c2ccc(N=C(c3ccccc3)c3ccccc3)cc2)cc1. The average Bonchev–Trinajstić information content (AvgIpc) is 0.829. The van der Waals surface area contributed by atoms with Gasteiger partial charge in [-0.25, -0.2) is 20.0 Å². The van der Waals surface area contributed by atoms with Gasteiger partial charge in [0.25, 0.3) is 0 Å². The molecule has 0 aromatic heterocycles. The molecule has 20 rings (SSSR count). The molecule has 20 aromatic rings. The Bertz CT molecular complexity index is 6390. The van der Waals surface area contributed by atoms with Crippen LogP contribution in [0.4, 0.5) is 68.2 Å². The van der Waals surface area contributed by atoms with Gasteiger partial charge in [0.2, 0.25) is 0 Å². The second kappa shape index (κ2) is 53.1. The Morgan fingerprint density at radius 1 is 0.106 bits per heavy atom. The first-order valence-electron chi connectivity index (χ1n) is 46.2. The van der Waals surface area contributed by atoms with Crippen molar-refractivity contribution in [3.8, 4) is 0 Å². The summed E-state index contributed by atoms with van der Waals surface area (Å²) >= 11 is 0. The zero-order valence-corrected chi connectivity index (χ0v) is 80.7. The van der Waals surface area contributed by atoms with E-state index in [1.807, 2.05) is 485 Å². The van der Waals surface area contributed by atoms with Crippen molar-refractivity contribution in [1.82, 2.24) is 0 Å². The average molecular weight is 2010 g/mol. The van der Waals surface area contributed by atoms with Crippen LogP contribution in [0.1, 0.15) is 66.8 Å². The summed E-state index contributed by atoms with van der Waals surface area (Å²) in [5.74, 6) is 2.63. The van der Waals surface area contributed by atoms with Gasteiger partial charge >= 0.3 is 39.0 Å². The topological polar surface area (TPSA) is 155 Å². The van der Waals surface area contributed by atoms with E-state index in [-0.39, 0.29) is 39.0 Å². The first-order valence-corrected chi connectivity index (χ1v) is 46.2. The van der Waals surface area contributed by atoms with Crippen molar-refractivity contribution in [3.63, 3.8) is 0 Å². The van der Waals surface area contributed by atoms with Crippen LogP contribution in [0.2, 0.25) is 0 Å². The summed E-state index contributed by atoms with van der Waals surface area (Å²) in [6.07, 6.45) is 0. The fourth-order valence-corrected chi connectivity index (χ4v) is 14.8. The molecule has 0 bridgehead atoms. The Morgan fingerprint density at radius 3 is 0.352 bits per heavy atom. The minimum Gasteiger partial charge on any atom is -0.436 e. The van der Waals surface area contributed by atoms with Gasteiger partial charge in [-0.15, -0.1) is 0 Å². The summed E-state index contributed by atoms with van der Waals surface area (Å²) in [5, 5.41) is 19.3. The number of nitrogens with zero attached hydrogens (tertiary/aromatic N) is 12. The van der Waals surface area contributed by atoms with Crippen molar-refractivity contribution in [2.24, 2.45) is 39.9 Å². The van der Waals surface area contributed by atoms with Gasteiger partial charge in [0, 0.05) is 44.5 Å².